The molecule has 0 saturated heterocycles. The molecule has 4 aromatic carbocycles. The van der Waals surface area contributed by atoms with Crippen LogP contribution in [0, 0.1) is 0 Å². The van der Waals surface area contributed by atoms with Crippen molar-refractivity contribution >= 4 is 23.6 Å². The molecule has 4 aromatic rings. The second-order valence-corrected chi connectivity index (χ2v) is 14.8. The third-order valence-corrected chi connectivity index (χ3v) is 10.2. The zero-order chi connectivity index (χ0) is 39.9. The molecule has 3 amide bonds. The van der Waals surface area contributed by atoms with Gasteiger partial charge in [0.2, 0.25) is 5.60 Å². The first kappa shape index (κ1) is 40.2. The van der Waals surface area contributed by atoms with Gasteiger partial charge in [0.1, 0.15) is 24.7 Å². The quantitative estimate of drug-likeness (QED) is 0.135. The smallest absolute Gasteiger partial charge is 0.417 e. The highest BCUT2D eigenvalue weighted by atomic mass is 19.4. The number of fused-ring (bicyclic) bond motifs is 1. The molecule has 0 N–H and O–H groups in total. The third-order valence-electron chi connectivity index (χ3n) is 10.2. The normalized spacial score (nSPS) is 17.2. The predicted molar refractivity (Wildman–Crippen MR) is 206 cm³/mol. The number of hydrogen-bond acceptors (Lipinski definition) is 6. The number of anilines is 1. The average molecular weight is 772 g/mol. The van der Waals surface area contributed by atoms with E-state index < -0.39 is 40.8 Å². The number of amides is 3. The first-order valence-electron chi connectivity index (χ1n) is 19.1. The second kappa shape index (κ2) is 17.5. The van der Waals surface area contributed by atoms with Crippen LogP contribution in [0.25, 0.3) is 0 Å². The van der Waals surface area contributed by atoms with Gasteiger partial charge in [0.15, 0.2) is 0 Å². The molecule has 9 nitrogen and oxygen atoms in total. The van der Waals surface area contributed by atoms with Crippen LogP contribution in [0.2, 0.25) is 0 Å². The van der Waals surface area contributed by atoms with Crippen molar-refractivity contribution in [1.82, 2.24) is 9.80 Å². The van der Waals surface area contributed by atoms with Crippen molar-refractivity contribution in [2.24, 2.45) is 0 Å². The summed E-state index contributed by atoms with van der Waals surface area (Å²) in [7, 11) is 0. The summed E-state index contributed by atoms with van der Waals surface area (Å²) in [6, 6.07) is 28.5. The van der Waals surface area contributed by atoms with Crippen LogP contribution in [0.15, 0.2) is 103 Å². The second-order valence-electron chi connectivity index (χ2n) is 14.8. The molecule has 1 unspecified atom stereocenters. The fourth-order valence-corrected chi connectivity index (χ4v) is 7.40. The Kier molecular flexibility index (Phi) is 12.6. The molecule has 1 saturated carbocycles. The largest absolute Gasteiger partial charge is 0.489 e. The molecule has 56 heavy (non-hydrogen) atoms. The third kappa shape index (κ3) is 9.46. The standard InChI is InChI=1S/C44H48F3N3O6/c1-31(2)50(34-20-12-6-13-21-34)40(51)36-26-38-39(27-37(36)44(45,46)47)56-43(3,30-55-35-22-14-7-15-23-35)41(52)49(38)25-24-48(28-32-16-8-4-9-17-32)42(53)54-29-33-18-10-5-11-19-33/h4-5,7-11,14-19,22-23,26-27,31,34H,6,12-13,20-21,24-25,28-30H2,1-3H3. The molecule has 0 bridgehead atoms. The number of alkyl halides is 3. The summed E-state index contributed by atoms with van der Waals surface area (Å²) < 4.78 is 62.7. The Bertz CT molecular complexity index is 1960. The van der Waals surface area contributed by atoms with Gasteiger partial charge in [-0.2, -0.15) is 13.2 Å². The number of para-hydroxylation sites is 1. The van der Waals surface area contributed by atoms with Crippen molar-refractivity contribution in [3.8, 4) is 11.5 Å². The average Bonchev–Trinajstić information content (AvgIpc) is 3.19. The summed E-state index contributed by atoms with van der Waals surface area (Å²) >= 11 is 0. The van der Waals surface area contributed by atoms with Crippen LogP contribution in [0.5, 0.6) is 11.5 Å². The lowest BCUT2D eigenvalue weighted by Crippen LogP contribution is -2.59. The molecule has 1 fully saturated rings. The van der Waals surface area contributed by atoms with E-state index in [0.717, 1.165) is 42.5 Å². The molecule has 0 radical (unpaired) electrons. The fourth-order valence-electron chi connectivity index (χ4n) is 7.40. The van der Waals surface area contributed by atoms with E-state index in [4.69, 9.17) is 14.2 Å². The molecule has 296 valence electrons. The van der Waals surface area contributed by atoms with Gasteiger partial charge < -0.3 is 28.9 Å². The van der Waals surface area contributed by atoms with Gasteiger partial charge in [0.05, 0.1) is 16.8 Å². The van der Waals surface area contributed by atoms with Crippen LogP contribution < -0.4 is 14.4 Å². The zero-order valence-electron chi connectivity index (χ0n) is 32.0. The molecule has 1 heterocycles. The molecule has 0 spiro atoms. The van der Waals surface area contributed by atoms with E-state index in [2.05, 4.69) is 0 Å². The Morgan fingerprint density at radius 2 is 1.50 bits per heavy atom. The Labute approximate surface area is 325 Å². The van der Waals surface area contributed by atoms with Gasteiger partial charge in [-0.05, 0) is 69.0 Å². The van der Waals surface area contributed by atoms with Crippen molar-refractivity contribution in [2.75, 3.05) is 24.6 Å². The molecule has 6 rings (SSSR count). The van der Waals surface area contributed by atoms with Crippen LogP contribution in [0.3, 0.4) is 0 Å². The van der Waals surface area contributed by atoms with Crippen LogP contribution >= 0.6 is 0 Å². The van der Waals surface area contributed by atoms with Gasteiger partial charge in [-0.25, -0.2) is 4.79 Å². The molecule has 1 aliphatic heterocycles. The highest BCUT2D eigenvalue weighted by Crippen LogP contribution is 2.45. The molecule has 12 heteroatoms. The van der Waals surface area contributed by atoms with Gasteiger partial charge in [-0.3, -0.25) is 9.59 Å². The van der Waals surface area contributed by atoms with E-state index in [1.54, 1.807) is 49.1 Å². The molecular weight excluding hydrogens is 723 g/mol. The number of carbonyl (C=O) groups excluding carboxylic acids is 3. The number of hydrogen-bond donors (Lipinski definition) is 0. The maximum atomic E-state index is 15.0. The van der Waals surface area contributed by atoms with Crippen LogP contribution in [0.4, 0.5) is 23.7 Å². The Balaban J connectivity index is 1.38. The summed E-state index contributed by atoms with van der Waals surface area (Å²) in [5.41, 5.74) is -1.91. The zero-order valence-corrected chi connectivity index (χ0v) is 32.0. The minimum absolute atomic E-state index is 0.00630. The van der Waals surface area contributed by atoms with E-state index in [0.29, 0.717) is 18.6 Å². The summed E-state index contributed by atoms with van der Waals surface area (Å²) in [6.45, 7) is 4.66. The minimum atomic E-state index is -4.92. The molecule has 0 aromatic heterocycles. The van der Waals surface area contributed by atoms with Crippen LogP contribution in [-0.4, -0.2) is 65.1 Å². The van der Waals surface area contributed by atoms with Crippen molar-refractivity contribution in [3.05, 3.63) is 125 Å². The number of rotatable bonds is 13. The van der Waals surface area contributed by atoms with E-state index >= 15 is 0 Å². The maximum Gasteiger partial charge on any atom is 0.417 e. The molecular formula is C44H48F3N3O6. The number of nitrogens with zero attached hydrogens (tertiary/aromatic N) is 3. The maximum absolute atomic E-state index is 15.0. The minimum Gasteiger partial charge on any atom is -0.489 e. The number of carbonyl (C=O) groups is 3. The van der Waals surface area contributed by atoms with Gasteiger partial charge >= 0.3 is 12.3 Å². The van der Waals surface area contributed by atoms with Crippen LogP contribution in [0.1, 0.15) is 79.9 Å². The first-order chi connectivity index (χ1) is 26.8. The molecule has 2 aliphatic rings. The molecule has 1 aliphatic carbocycles. The lowest BCUT2D eigenvalue weighted by atomic mass is 9.92. The van der Waals surface area contributed by atoms with E-state index in [1.165, 1.54) is 16.7 Å². The van der Waals surface area contributed by atoms with Gasteiger partial charge in [0, 0.05) is 31.7 Å². The van der Waals surface area contributed by atoms with Gasteiger partial charge in [0.25, 0.3) is 11.8 Å². The van der Waals surface area contributed by atoms with Crippen molar-refractivity contribution in [2.45, 2.75) is 89.9 Å². The van der Waals surface area contributed by atoms with E-state index in [-0.39, 0.29) is 56.4 Å². The van der Waals surface area contributed by atoms with Gasteiger partial charge in [-0.1, -0.05) is 98.1 Å². The highest BCUT2D eigenvalue weighted by molar-refractivity contribution is 6.05. The summed E-state index contributed by atoms with van der Waals surface area (Å²) in [5, 5.41) is 0. The topological polar surface area (TPSA) is 88.6 Å². The summed E-state index contributed by atoms with van der Waals surface area (Å²) in [4.78, 5) is 46.9. The van der Waals surface area contributed by atoms with Crippen molar-refractivity contribution in [3.63, 3.8) is 0 Å². The first-order valence-corrected chi connectivity index (χ1v) is 19.1. The number of halogens is 3. The van der Waals surface area contributed by atoms with Crippen LogP contribution in [-0.2, 0) is 28.9 Å². The van der Waals surface area contributed by atoms with Gasteiger partial charge in [-0.15, -0.1) is 0 Å². The number of ether oxygens (including phenoxy) is 3. The van der Waals surface area contributed by atoms with E-state index in [1.807, 2.05) is 60.7 Å². The fraction of sp³-hybridized carbons (Fsp3) is 0.386. The van der Waals surface area contributed by atoms with Crippen molar-refractivity contribution < 1.29 is 41.8 Å². The SMILES string of the molecule is CC(C)N(C(=O)c1cc2c(cc1C(F)(F)F)OC(C)(COc1ccccc1)C(=O)N2CCN(Cc1ccccc1)C(=O)OCc1ccccc1)C1CCCCC1. The summed E-state index contributed by atoms with van der Waals surface area (Å²) in [6.07, 6.45) is -1.41. The number of benzene rings is 4. The Morgan fingerprint density at radius 3 is 2.11 bits per heavy atom. The monoisotopic (exact) mass is 771 g/mol. The lowest BCUT2D eigenvalue weighted by Gasteiger charge is -2.42. The summed E-state index contributed by atoms with van der Waals surface area (Å²) in [5.74, 6) is -1.16. The Morgan fingerprint density at radius 1 is 0.893 bits per heavy atom. The lowest BCUT2D eigenvalue weighted by molar-refractivity contribution is -0.139. The molecule has 1 atom stereocenters. The predicted octanol–water partition coefficient (Wildman–Crippen LogP) is 9.29. The van der Waals surface area contributed by atoms with Crippen molar-refractivity contribution in [1.29, 1.82) is 0 Å². The highest BCUT2D eigenvalue weighted by Gasteiger charge is 2.48. The van der Waals surface area contributed by atoms with E-state index in [9.17, 15) is 27.6 Å². The Hall–Kier alpha value is -5.52.